The Balaban J connectivity index is 1.61. The third kappa shape index (κ3) is 6.52. The first-order valence-electron chi connectivity index (χ1n) is 10.2. The Morgan fingerprint density at radius 3 is 2.35 bits per heavy atom. The topological polar surface area (TPSA) is 86.5 Å². The Hall–Kier alpha value is -2.93. The first-order valence-corrected chi connectivity index (χ1v) is 12.0. The van der Waals surface area contributed by atoms with E-state index in [0.717, 1.165) is 22.4 Å². The molecule has 0 aliphatic heterocycles. The Kier molecular flexibility index (Phi) is 7.28. The fourth-order valence-corrected chi connectivity index (χ4v) is 4.58. The zero-order valence-electron chi connectivity index (χ0n) is 18.1. The van der Waals surface area contributed by atoms with Gasteiger partial charge in [-0.05, 0) is 57.0 Å². The second-order valence-electron chi connectivity index (χ2n) is 7.54. The van der Waals surface area contributed by atoms with Gasteiger partial charge in [-0.15, -0.1) is 0 Å². The standard InChI is InChI=1S/C24H27NO5S/c1-4-29-22-13-10-20(11-14-22)24-25-23(18(3)30-24)16-31(27,28)15-21(26)12-9-19-7-5-17(2)6-8-19/h5-8,10-11,13-14H,4,9,12,15-16H2,1-3H3. The van der Waals surface area contributed by atoms with Gasteiger partial charge in [-0.25, -0.2) is 13.4 Å². The molecule has 31 heavy (non-hydrogen) atoms. The van der Waals surface area contributed by atoms with Gasteiger partial charge < -0.3 is 9.15 Å². The minimum absolute atomic E-state index is 0.192. The number of ether oxygens (including phenoxy) is 1. The Bertz CT molecular complexity index is 1130. The van der Waals surface area contributed by atoms with Gasteiger partial charge >= 0.3 is 0 Å². The number of carbonyl (C=O) groups is 1. The van der Waals surface area contributed by atoms with Crippen molar-refractivity contribution in [1.82, 2.24) is 4.98 Å². The summed E-state index contributed by atoms with van der Waals surface area (Å²) in [5.41, 5.74) is 3.22. The molecule has 0 fully saturated rings. The van der Waals surface area contributed by atoms with E-state index in [1.54, 1.807) is 6.92 Å². The lowest BCUT2D eigenvalue weighted by molar-refractivity contribution is -0.116. The van der Waals surface area contributed by atoms with Crippen LogP contribution in [0.4, 0.5) is 0 Å². The maximum absolute atomic E-state index is 12.6. The van der Waals surface area contributed by atoms with E-state index in [9.17, 15) is 13.2 Å². The maximum Gasteiger partial charge on any atom is 0.226 e. The summed E-state index contributed by atoms with van der Waals surface area (Å²) in [5.74, 6) is 0.394. The molecule has 0 aliphatic carbocycles. The minimum Gasteiger partial charge on any atom is -0.494 e. The molecule has 0 radical (unpaired) electrons. The van der Waals surface area contributed by atoms with Crippen LogP contribution in [0.5, 0.6) is 5.75 Å². The molecule has 0 bridgehead atoms. The Labute approximate surface area is 183 Å². The quantitative estimate of drug-likeness (QED) is 0.461. The normalized spacial score (nSPS) is 11.5. The van der Waals surface area contributed by atoms with Crippen molar-refractivity contribution in [3.63, 3.8) is 0 Å². The van der Waals surface area contributed by atoms with E-state index in [2.05, 4.69) is 4.98 Å². The second-order valence-corrected chi connectivity index (χ2v) is 9.60. The summed E-state index contributed by atoms with van der Waals surface area (Å²) in [7, 11) is -3.64. The van der Waals surface area contributed by atoms with E-state index < -0.39 is 15.6 Å². The van der Waals surface area contributed by atoms with Crippen molar-refractivity contribution in [2.45, 2.75) is 39.4 Å². The van der Waals surface area contributed by atoms with Crippen molar-refractivity contribution < 1.29 is 22.4 Å². The van der Waals surface area contributed by atoms with Crippen LogP contribution in [-0.4, -0.2) is 31.5 Å². The highest BCUT2D eigenvalue weighted by atomic mass is 32.2. The molecule has 0 amide bonds. The van der Waals surface area contributed by atoms with Crippen molar-refractivity contribution in [3.05, 3.63) is 71.1 Å². The fourth-order valence-electron chi connectivity index (χ4n) is 3.16. The van der Waals surface area contributed by atoms with Crippen LogP contribution >= 0.6 is 0 Å². The molecule has 6 nitrogen and oxygen atoms in total. The molecule has 164 valence electrons. The number of Topliss-reactive ketones (excluding diaryl/α,β-unsaturated/α-hetero) is 1. The first kappa shape index (κ1) is 22.7. The van der Waals surface area contributed by atoms with Crippen LogP contribution in [0, 0.1) is 13.8 Å². The van der Waals surface area contributed by atoms with Crippen molar-refractivity contribution in [2.24, 2.45) is 0 Å². The molecule has 3 rings (SSSR count). The number of sulfone groups is 1. The summed E-state index contributed by atoms with van der Waals surface area (Å²) in [6, 6.07) is 15.1. The average molecular weight is 442 g/mol. The van der Waals surface area contributed by atoms with Gasteiger partial charge in [0.25, 0.3) is 0 Å². The number of aryl methyl sites for hydroxylation is 3. The van der Waals surface area contributed by atoms with Crippen LogP contribution in [0.15, 0.2) is 52.9 Å². The monoisotopic (exact) mass is 441 g/mol. The van der Waals surface area contributed by atoms with Gasteiger partial charge in [-0.2, -0.15) is 0 Å². The lowest BCUT2D eigenvalue weighted by Crippen LogP contribution is -2.18. The number of oxazole rings is 1. The molecule has 0 N–H and O–H groups in total. The van der Waals surface area contributed by atoms with Gasteiger partial charge in [0, 0.05) is 12.0 Å². The minimum atomic E-state index is -3.64. The van der Waals surface area contributed by atoms with Gasteiger partial charge in [0.2, 0.25) is 5.89 Å². The van der Waals surface area contributed by atoms with Gasteiger partial charge in [0.1, 0.15) is 23.0 Å². The molecule has 1 heterocycles. The second kappa shape index (κ2) is 9.92. The lowest BCUT2D eigenvalue weighted by atomic mass is 10.1. The number of nitrogens with zero attached hydrogens (tertiary/aromatic N) is 1. The molecule has 0 saturated heterocycles. The molecule has 2 aromatic carbocycles. The van der Waals surface area contributed by atoms with Crippen LogP contribution in [0.25, 0.3) is 11.5 Å². The third-order valence-corrected chi connectivity index (χ3v) is 6.33. The van der Waals surface area contributed by atoms with E-state index in [1.165, 1.54) is 0 Å². The largest absolute Gasteiger partial charge is 0.494 e. The van der Waals surface area contributed by atoms with Crippen LogP contribution in [0.2, 0.25) is 0 Å². The summed E-state index contributed by atoms with van der Waals surface area (Å²) in [6.45, 7) is 6.15. The zero-order chi connectivity index (χ0) is 22.4. The SMILES string of the molecule is CCOc1ccc(-c2nc(CS(=O)(=O)CC(=O)CCc3ccc(C)cc3)c(C)o2)cc1. The summed E-state index contributed by atoms with van der Waals surface area (Å²) >= 11 is 0. The van der Waals surface area contributed by atoms with Crippen LogP contribution < -0.4 is 4.74 Å². The number of hydrogen-bond donors (Lipinski definition) is 0. The highest BCUT2D eigenvalue weighted by Crippen LogP contribution is 2.25. The van der Waals surface area contributed by atoms with Crippen molar-refractivity contribution in [3.8, 4) is 17.2 Å². The number of rotatable bonds is 10. The molecule has 1 aromatic heterocycles. The van der Waals surface area contributed by atoms with Gasteiger partial charge in [0.15, 0.2) is 9.84 Å². The molecule has 0 spiro atoms. The van der Waals surface area contributed by atoms with E-state index in [-0.39, 0.29) is 18.0 Å². The summed E-state index contributed by atoms with van der Waals surface area (Å²) < 4.78 is 36.2. The van der Waals surface area contributed by atoms with Gasteiger partial charge in [-0.1, -0.05) is 29.8 Å². The predicted octanol–water partition coefficient (Wildman–Crippen LogP) is 4.47. The summed E-state index contributed by atoms with van der Waals surface area (Å²) in [6.07, 6.45) is 0.719. The lowest BCUT2D eigenvalue weighted by Gasteiger charge is -2.04. The Morgan fingerprint density at radius 2 is 1.71 bits per heavy atom. The fraction of sp³-hybridized carbons (Fsp3) is 0.333. The molecule has 0 atom stereocenters. The number of benzene rings is 2. The number of aromatic nitrogens is 1. The summed E-state index contributed by atoms with van der Waals surface area (Å²) in [5, 5.41) is 0. The van der Waals surface area contributed by atoms with E-state index in [1.807, 2.05) is 62.4 Å². The van der Waals surface area contributed by atoms with E-state index >= 15 is 0 Å². The van der Waals surface area contributed by atoms with Crippen LogP contribution in [0.1, 0.15) is 35.9 Å². The molecule has 0 saturated carbocycles. The first-order chi connectivity index (χ1) is 14.8. The molecule has 0 unspecified atom stereocenters. The molecular weight excluding hydrogens is 414 g/mol. The highest BCUT2D eigenvalue weighted by molar-refractivity contribution is 7.91. The molecule has 7 heteroatoms. The number of carbonyl (C=O) groups excluding carboxylic acids is 1. The highest BCUT2D eigenvalue weighted by Gasteiger charge is 2.22. The third-order valence-electron chi connectivity index (χ3n) is 4.86. The maximum atomic E-state index is 12.6. The van der Waals surface area contributed by atoms with Crippen LogP contribution in [0.3, 0.4) is 0 Å². The molecular formula is C24H27NO5S. The molecule has 3 aromatic rings. The van der Waals surface area contributed by atoms with Gasteiger partial charge in [-0.3, -0.25) is 4.79 Å². The van der Waals surface area contributed by atoms with Crippen molar-refractivity contribution in [2.75, 3.05) is 12.4 Å². The number of hydrogen-bond acceptors (Lipinski definition) is 6. The zero-order valence-corrected chi connectivity index (χ0v) is 18.9. The number of ketones is 1. The Morgan fingerprint density at radius 1 is 1.03 bits per heavy atom. The van der Waals surface area contributed by atoms with Crippen LogP contribution in [-0.2, 0) is 26.8 Å². The van der Waals surface area contributed by atoms with E-state index in [0.29, 0.717) is 30.4 Å². The van der Waals surface area contributed by atoms with Gasteiger partial charge in [0.05, 0.1) is 18.1 Å². The molecule has 0 aliphatic rings. The van der Waals surface area contributed by atoms with Crippen molar-refractivity contribution in [1.29, 1.82) is 0 Å². The average Bonchev–Trinajstić information content (AvgIpc) is 3.07. The summed E-state index contributed by atoms with van der Waals surface area (Å²) in [4.78, 5) is 16.6. The predicted molar refractivity (Wildman–Crippen MR) is 120 cm³/mol. The van der Waals surface area contributed by atoms with Crippen molar-refractivity contribution >= 4 is 15.6 Å². The smallest absolute Gasteiger partial charge is 0.226 e. The van der Waals surface area contributed by atoms with E-state index in [4.69, 9.17) is 9.15 Å².